The predicted octanol–water partition coefficient (Wildman–Crippen LogP) is 0.913. The van der Waals surface area contributed by atoms with E-state index in [4.69, 9.17) is 4.74 Å². The van der Waals surface area contributed by atoms with Gasteiger partial charge >= 0.3 is 6.09 Å². The summed E-state index contributed by atoms with van der Waals surface area (Å²) in [6, 6.07) is -0.363. The minimum absolute atomic E-state index is 0.363. The molecule has 0 saturated carbocycles. The van der Waals surface area contributed by atoms with Crippen molar-refractivity contribution < 1.29 is 14.3 Å². The van der Waals surface area contributed by atoms with Crippen molar-refractivity contribution in [3.05, 3.63) is 12.3 Å². The van der Waals surface area contributed by atoms with Crippen molar-refractivity contribution in [2.24, 2.45) is 0 Å². The zero-order chi connectivity index (χ0) is 11.5. The molecule has 2 amide bonds. The fourth-order valence-electron chi connectivity index (χ4n) is 1.13. The molecule has 0 aromatic carbocycles. The van der Waals surface area contributed by atoms with Gasteiger partial charge in [0, 0.05) is 0 Å². The maximum absolute atomic E-state index is 11.4. The van der Waals surface area contributed by atoms with Crippen molar-refractivity contribution in [2.75, 3.05) is 0 Å². The standard InChI is InChI=1S/C10H16N2O3/c1-10(2,3)15-9(14)12-8(13)7-5-4-6-11-7/h4,6-7,11H,5H2,1-3H3,(H,12,13,14)/t7-/m0/s1. The van der Waals surface area contributed by atoms with E-state index in [1.165, 1.54) is 0 Å². The van der Waals surface area contributed by atoms with Gasteiger partial charge in [-0.15, -0.1) is 0 Å². The Morgan fingerprint density at radius 1 is 1.47 bits per heavy atom. The summed E-state index contributed by atoms with van der Waals surface area (Å²) in [5.74, 6) is -0.366. The molecular formula is C10H16N2O3. The molecule has 15 heavy (non-hydrogen) atoms. The first kappa shape index (κ1) is 11.6. The van der Waals surface area contributed by atoms with Gasteiger partial charge in [0.05, 0.1) is 0 Å². The van der Waals surface area contributed by atoms with Gasteiger partial charge in [-0.25, -0.2) is 4.79 Å². The highest BCUT2D eigenvalue weighted by Crippen LogP contribution is 2.07. The Morgan fingerprint density at radius 3 is 2.60 bits per heavy atom. The number of carbonyl (C=O) groups is 2. The lowest BCUT2D eigenvalue weighted by atomic mass is 10.2. The minimum atomic E-state index is -0.707. The van der Waals surface area contributed by atoms with E-state index in [0.717, 1.165) is 0 Å². The van der Waals surface area contributed by atoms with Gasteiger partial charge in [0.15, 0.2) is 0 Å². The zero-order valence-corrected chi connectivity index (χ0v) is 9.16. The summed E-state index contributed by atoms with van der Waals surface area (Å²) in [7, 11) is 0. The molecule has 1 aliphatic rings. The van der Waals surface area contributed by atoms with Crippen molar-refractivity contribution in [1.82, 2.24) is 10.6 Å². The fourth-order valence-corrected chi connectivity index (χ4v) is 1.13. The molecule has 0 bridgehead atoms. The van der Waals surface area contributed by atoms with Crippen LogP contribution in [0.5, 0.6) is 0 Å². The molecule has 0 aromatic heterocycles. The molecule has 0 saturated heterocycles. The third-order valence-corrected chi connectivity index (χ3v) is 1.73. The van der Waals surface area contributed by atoms with Crippen LogP contribution in [0.1, 0.15) is 27.2 Å². The van der Waals surface area contributed by atoms with Gasteiger partial charge < -0.3 is 10.1 Å². The van der Waals surface area contributed by atoms with Crippen molar-refractivity contribution in [1.29, 1.82) is 0 Å². The molecule has 1 aliphatic heterocycles. The maximum Gasteiger partial charge on any atom is 0.414 e. The summed E-state index contributed by atoms with van der Waals surface area (Å²) >= 11 is 0. The number of alkyl carbamates (subject to hydrolysis) is 1. The first-order valence-corrected chi connectivity index (χ1v) is 4.83. The van der Waals surface area contributed by atoms with Crippen LogP contribution in [0.25, 0.3) is 0 Å². The number of carbonyl (C=O) groups excluding carboxylic acids is 2. The molecule has 0 aromatic rings. The third kappa shape index (κ3) is 4.01. The van der Waals surface area contributed by atoms with Gasteiger partial charge in [0.1, 0.15) is 11.6 Å². The Bertz CT molecular complexity index is 284. The zero-order valence-electron chi connectivity index (χ0n) is 9.16. The van der Waals surface area contributed by atoms with E-state index in [1.54, 1.807) is 27.0 Å². The quantitative estimate of drug-likeness (QED) is 0.678. The second-order valence-corrected chi connectivity index (χ2v) is 4.35. The van der Waals surface area contributed by atoms with Gasteiger partial charge in [0.2, 0.25) is 0 Å². The number of ether oxygens (including phenoxy) is 1. The molecule has 0 spiro atoms. The second kappa shape index (κ2) is 4.33. The minimum Gasteiger partial charge on any atom is -0.444 e. The average Bonchev–Trinajstić information content (AvgIpc) is 2.50. The molecule has 1 rings (SSSR count). The van der Waals surface area contributed by atoms with Crippen LogP contribution >= 0.6 is 0 Å². The van der Waals surface area contributed by atoms with E-state index in [9.17, 15) is 9.59 Å². The first-order chi connectivity index (χ1) is 6.88. The van der Waals surface area contributed by atoms with Crippen LogP contribution in [0.15, 0.2) is 12.3 Å². The molecule has 1 atom stereocenters. The van der Waals surface area contributed by atoms with E-state index in [2.05, 4.69) is 10.6 Å². The summed E-state index contributed by atoms with van der Waals surface area (Å²) in [5.41, 5.74) is -0.592. The number of hydrogen-bond acceptors (Lipinski definition) is 4. The molecule has 2 N–H and O–H groups in total. The van der Waals surface area contributed by atoms with E-state index in [1.807, 2.05) is 6.08 Å². The molecular weight excluding hydrogens is 196 g/mol. The lowest BCUT2D eigenvalue weighted by Crippen LogP contribution is -2.44. The second-order valence-electron chi connectivity index (χ2n) is 4.35. The van der Waals surface area contributed by atoms with Crippen LogP contribution in [-0.2, 0) is 9.53 Å². The number of hydrogen-bond donors (Lipinski definition) is 2. The SMILES string of the molecule is CC(C)(C)OC(=O)NC(=O)[C@@H]1CC=CN1. The monoisotopic (exact) mass is 212 g/mol. The largest absolute Gasteiger partial charge is 0.444 e. The lowest BCUT2D eigenvalue weighted by molar-refractivity contribution is -0.122. The number of imide groups is 1. The summed E-state index contributed by atoms with van der Waals surface area (Å²) in [5, 5.41) is 5.00. The number of rotatable bonds is 1. The lowest BCUT2D eigenvalue weighted by Gasteiger charge is -2.20. The van der Waals surface area contributed by atoms with Gasteiger partial charge in [-0.2, -0.15) is 0 Å². The Hall–Kier alpha value is -1.52. The summed E-state index contributed by atoms with van der Waals surface area (Å²) < 4.78 is 4.95. The number of nitrogens with one attached hydrogen (secondary N) is 2. The van der Waals surface area contributed by atoms with E-state index >= 15 is 0 Å². The first-order valence-electron chi connectivity index (χ1n) is 4.83. The normalized spacial score (nSPS) is 19.5. The maximum atomic E-state index is 11.4. The highest BCUT2D eigenvalue weighted by atomic mass is 16.6. The topological polar surface area (TPSA) is 67.4 Å². The van der Waals surface area contributed by atoms with Crippen molar-refractivity contribution in [2.45, 2.75) is 38.8 Å². The van der Waals surface area contributed by atoms with Crippen LogP contribution in [0.4, 0.5) is 4.79 Å². The van der Waals surface area contributed by atoms with Gasteiger partial charge in [-0.3, -0.25) is 10.1 Å². The summed E-state index contributed by atoms with van der Waals surface area (Å²) in [4.78, 5) is 22.7. The molecule has 0 radical (unpaired) electrons. The van der Waals surface area contributed by atoms with Crippen molar-refractivity contribution in [3.63, 3.8) is 0 Å². The Balaban J connectivity index is 2.35. The van der Waals surface area contributed by atoms with Gasteiger partial charge in [-0.05, 0) is 33.4 Å². The summed E-state index contributed by atoms with van der Waals surface area (Å²) in [6.45, 7) is 5.23. The highest BCUT2D eigenvalue weighted by Gasteiger charge is 2.23. The highest BCUT2D eigenvalue weighted by molar-refractivity contribution is 5.95. The van der Waals surface area contributed by atoms with E-state index < -0.39 is 11.7 Å². The Kier molecular flexibility index (Phi) is 3.34. The van der Waals surface area contributed by atoms with E-state index in [-0.39, 0.29) is 11.9 Å². The predicted molar refractivity (Wildman–Crippen MR) is 55.1 cm³/mol. The van der Waals surface area contributed by atoms with Crippen LogP contribution in [-0.4, -0.2) is 23.6 Å². The Labute approximate surface area is 88.9 Å². The van der Waals surface area contributed by atoms with E-state index in [0.29, 0.717) is 6.42 Å². The molecule has 0 unspecified atom stereocenters. The fraction of sp³-hybridized carbons (Fsp3) is 0.600. The van der Waals surface area contributed by atoms with Crippen LogP contribution in [0.3, 0.4) is 0 Å². The van der Waals surface area contributed by atoms with Crippen molar-refractivity contribution in [3.8, 4) is 0 Å². The van der Waals surface area contributed by atoms with Crippen molar-refractivity contribution >= 4 is 12.0 Å². The Morgan fingerprint density at radius 2 is 2.13 bits per heavy atom. The molecule has 5 nitrogen and oxygen atoms in total. The smallest absolute Gasteiger partial charge is 0.414 e. The molecule has 84 valence electrons. The van der Waals surface area contributed by atoms with Gasteiger partial charge in [-0.1, -0.05) is 6.08 Å². The number of amides is 2. The molecule has 5 heteroatoms. The van der Waals surface area contributed by atoms with Crippen LogP contribution in [0.2, 0.25) is 0 Å². The average molecular weight is 212 g/mol. The molecule has 0 fully saturated rings. The van der Waals surface area contributed by atoms with Crippen LogP contribution < -0.4 is 10.6 Å². The molecule has 1 heterocycles. The van der Waals surface area contributed by atoms with Crippen LogP contribution in [0, 0.1) is 0 Å². The summed E-state index contributed by atoms with van der Waals surface area (Å²) in [6.07, 6.45) is 3.41. The van der Waals surface area contributed by atoms with Gasteiger partial charge in [0.25, 0.3) is 5.91 Å². The molecule has 0 aliphatic carbocycles. The third-order valence-electron chi connectivity index (χ3n) is 1.73.